The van der Waals surface area contributed by atoms with Crippen LogP contribution in [0.25, 0.3) is 49.5 Å². The van der Waals surface area contributed by atoms with E-state index in [1.54, 1.807) is 0 Å². The van der Waals surface area contributed by atoms with Gasteiger partial charge in [-0.3, -0.25) is 0 Å². The SMILES string of the molecule is C=Cc1ccc(-c2cccc3c2c(N)cc2c4ccccc4c(N)cc32)cc1. The zero-order chi connectivity index (χ0) is 19.3. The second-order valence-corrected chi connectivity index (χ2v) is 7.13. The number of rotatable bonds is 2. The van der Waals surface area contributed by atoms with Crippen LogP contribution in [-0.2, 0) is 0 Å². The molecule has 0 saturated heterocycles. The Balaban J connectivity index is 1.91. The minimum atomic E-state index is 0.779. The van der Waals surface area contributed by atoms with Crippen LogP contribution in [0.2, 0.25) is 0 Å². The minimum Gasteiger partial charge on any atom is -0.398 e. The largest absolute Gasteiger partial charge is 0.398 e. The van der Waals surface area contributed by atoms with Gasteiger partial charge in [-0.1, -0.05) is 79.4 Å². The van der Waals surface area contributed by atoms with Gasteiger partial charge in [0.1, 0.15) is 0 Å². The maximum Gasteiger partial charge on any atom is 0.0406 e. The quantitative estimate of drug-likeness (QED) is 0.274. The lowest BCUT2D eigenvalue weighted by Crippen LogP contribution is -1.94. The normalized spacial score (nSPS) is 11.3. The van der Waals surface area contributed by atoms with Gasteiger partial charge in [-0.2, -0.15) is 0 Å². The monoisotopic (exact) mass is 360 g/mol. The van der Waals surface area contributed by atoms with E-state index in [2.05, 4.69) is 73.3 Å². The molecule has 0 bridgehead atoms. The zero-order valence-electron chi connectivity index (χ0n) is 15.4. The van der Waals surface area contributed by atoms with Crippen LogP contribution in [0.5, 0.6) is 0 Å². The maximum atomic E-state index is 6.60. The summed E-state index contributed by atoms with van der Waals surface area (Å²) in [7, 11) is 0. The molecular formula is C26H20N2. The van der Waals surface area contributed by atoms with E-state index in [-0.39, 0.29) is 0 Å². The molecule has 0 aliphatic rings. The first-order valence-corrected chi connectivity index (χ1v) is 9.32. The van der Waals surface area contributed by atoms with Crippen molar-refractivity contribution in [1.29, 1.82) is 0 Å². The highest BCUT2D eigenvalue weighted by Crippen LogP contribution is 2.41. The van der Waals surface area contributed by atoms with Gasteiger partial charge in [0.05, 0.1) is 0 Å². The standard InChI is InChI=1S/C26H20N2/c1-2-16-10-12-17(13-11-16)18-8-5-9-21-23-14-24(27)20-7-4-3-6-19(20)22(23)15-25(28)26(18)21/h2-15H,1,27-28H2. The molecular weight excluding hydrogens is 340 g/mol. The highest BCUT2D eigenvalue weighted by molar-refractivity contribution is 6.24. The number of hydrogen-bond acceptors (Lipinski definition) is 2. The van der Waals surface area contributed by atoms with Gasteiger partial charge in [0.25, 0.3) is 0 Å². The Hall–Kier alpha value is -3.78. The minimum absolute atomic E-state index is 0.779. The first-order chi connectivity index (χ1) is 13.7. The molecule has 2 heteroatoms. The molecule has 0 spiro atoms. The van der Waals surface area contributed by atoms with Gasteiger partial charge in [-0.15, -0.1) is 0 Å². The van der Waals surface area contributed by atoms with E-state index in [9.17, 15) is 0 Å². The van der Waals surface area contributed by atoms with E-state index in [0.717, 1.165) is 60.4 Å². The Labute approximate surface area is 163 Å². The van der Waals surface area contributed by atoms with Crippen molar-refractivity contribution < 1.29 is 0 Å². The summed E-state index contributed by atoms with van der Waals surface area (Å²) < 4.78 is 0. The molecule has 0 aromatic heterocycles. The van der Waals surface area contributed by atoms with Gasteiger partial charge in [-0.05, 0) is 50.4 Å². The topological polar surface area (TPSA) is 52.0 Å². The van der Waals surface area contributed by atoms with Gasteiger partial charge in [0.15, 0.2) is 0 Å². The molecule has 4 N–H and O–H groups in total. The molecule has 0 unspecified atom stereocenters. The molecule has 0 amide bonds. The van der Waals surface area contributed by atoms with Crippen molar-refractivity contribution in [2.75, 3.05) is 11.5 Å². The fourth-order valence-electron chi connectivity index (χ4n) is 4.16. The lowest BCUT2D eigenvalue weighted by Gasteiger charge is -2.15. The van der Waals surface area contributed by atoms with Crippen LogP contribution < -0.4 is 11.5 Å². The number of nitrogens with two attached hydrogens (primary N) is 2. The molecule has 0 fully saturated rings. The van der Waals surface area contributed by atoms with Gasteiger partial charge in [-0.25, -0.2) is 0 Å². The third-order valence-corrected chi connectivity index (χ3v) is 5.52. The molecule has 28 heavy (non-hydrogen) atoms. The van der Waals surface area contributed by atoms with E-state index in [1.165, 1.54) is 0 Å². The van der Waals surface area contributed by atoms with Crippen molar-refractivity contribution in [3.8, 4) is 11.1 Å². The van der Waals surface area contributed by atoms with E-state index in [0.29, 0.717) is 0 Å². The molecule has 0 saturated carbocycles. The fourth-order valence-corrected chi connectivity index (χ4v) is 4.16. The number of fused-ring (bicyclic) bond motifs is 5. The Morgan fingerprint density at radius 2 is 1.25 bits per heavy atom. The second kappa shape index (κ2) is 6.14. The predicted octanol–water partition coefficient (Wildman–Crippen LogP) is 6.62. The van der Waals surface area contributed by atoms with Crippen LogP contribution in [0.4, 0.5) is 11.4 Å². The summed E-state index contributed by atoms with van der Waals surface area (Å²) >= 11 is 0. The molecule has 0 heterocycles. The van der Waals surface area contributed by atoms with Crippen LogP contribution in [0.15, 0.2) is 85.4 Å². The first-order valence-electron chi connectivity index (χ1n) is 9.32. The molecule has 5 aromatic carbocycles. The summed E-state index contributed by atoms with van der Waals surface area (Å²) in [5, 5.41) is 6.64. The summed E-state index contributed by atoms with van der Waals surface area (Å²) in [6.45, 7) is 3.83. The van der Waals surface area contributed by atoms with Gasteiger partial charge >= 0.3 is 0 Å². The van der Waals surface area contributed by atoms with Crippen LogP contribution in [-0.4, -0.2) is 0 Å². The van der Waals surface area contributed by atoms with E-state index < -0.39 is 0 Å². The smallest absolute Gasteiger partial charge is 0.0406 e. The lowest BCUT2D eigenvalue weighted by atomic mass is 9.91. The highest BCUT2D eigenvalue weighted by Gasteiger charge is 2.13. The summed E-state index contributed by atoms with van der Waals surface area (Å²) in [4.78, 5) is 0. The Bertz CT molecular complexity index is 1380. The number of benzene rings is 5. The number of hydrogen-bond donors (Lipinski definition) is 2. The summed E-state index contributed by atoms with van der Waals surface area (Å²) in [5.74, 6) is 0. The molecule has 2 nitrogen and oxygen atoms in total. The van der Waals surface area contributed by atoms with Crippen molar-refractivity contribution in [3.05, 3.63) is 91.0 Å². The van der Waals surface area contributed by atoms with Crippen molar-refractivity contribution >= 4 is 49.8 Å². The average molecular weight is 360 g/mol. The number of nitrogen functional groups attached to an aromatic ring is 2. The van der Waals surface area contributed by atoms with Crippen LogP contribution in [0.1, 0.15) is 5.56 Å². The first kappa shape index (κ1) is 16.4. The van der Waals surface area contributed by atoms with Crippen molar-refractivity contribution in [1.82, 2.24) is 0 Å². The van der Waals surface area contributed by atoms with Crippen LogP contribution in [0, 0.1) is 0 Å². The lowest BCUT2D eigenvalue weighted by molar-refractivity contribution is 1.63. The highest BCUT2D eigenvalue weighted by atomic mass is 14.6. The molecule has 5 rings (SSSR count). The molecule has 0 aliphatic heterocycles. The Kier molecular flexibility index (Phi) is 3.59. The zero-order valence-corrected chi connectivity index (χ0v) is 15.4. The third kappa shape index (κ3) is 2.35. The van der Waals surface area contributed by atoms with Crippen molar-refractivity contribution in [2.45, 2.75) is 0 Å². The van der Waals surface area contributed by atoms with Gasteiger partial charge < -0.3 is 11.5 Å². The number of anilines is 2. The molecule has 0 radical (unpaired) electrons. The Morgan fingerprint density at radius 3 is 2.00 bits per heavy atom. The summed E-state index contributed by atoms with van der Waals surface area (Å²) in [6, 6.07) is 27.1. The second-order valence-electron chi connectivity index (χ2n) is 7.13. The van der Waals surface area contributed by atoms with E-state index >= 15 is 0 Å². The van der Waals surface area contributed by atoms with Gasteiger partial charge in [0.2, 0.25) is 0 Å². The van der Waals surface area contributed by atoms with Crippen LogP contribution >= 0.6 is 0 Å². The van der Waals surface area contributed by atoms with Gasteiger partial charge in [0, 0.05) is 22.1 Å². The van der Waals surface area contributed by atoms with E-state index in [4.69, 9.17) is 11.5 Å². The average Bonchev–Trinajstić information content (AvgIpc) is 2.75. The third-order valence-electron chi connectivity index (χ3n) is 5.52. The van der Waals surface area contributed by atoms with Crippen molar-refractivity contribution in [2.24, 2.45) is 0 Å². The summed E-state index contributed by atoms with van der Waals surface area (Å²) in [5.41, 5.74) is 17.9. The molecule has 0 atom stereocenters. The fraction of sp³-hybridized carbons (Fsp3) is 0. The van der Waals surface area contributed by atoms with Crippen molar-refractivity contribution in [3.63, 3.8) is 0 Å². The van der Waals surface area contributed by atoms with E-state index in [1.807, 2.05) is 18.2 Å². The maximum absolute atomic E-state index is 6.60. The summed E-state index contributed by atoms with van der Waals surface area (Å²) in [6.07, 6.45) is 1.85. The molecule has 5 aromatic rings. The Morgan fingerprint density at radius 1 is 0.607 bits per heavy atom. The molecule has 0 aliphatic carbocycles. The predicted molar refractivity (Wildman–Crippen MR) is 123 cm³/mol. The molecule has 134 valence electrons. The van der Waals surface area contributed by atoms with Crippen LogP contribution in [0.3, 0.4) is 0 Å².